The molecule has 1 atom stereocenters. The van der Waals surface area contributed by atoms with Gasteiger partial charge < -0.3 is 14.2 Å². The molecule has 3 aromatic rings. The van der Waals surface area contributed by atoms with Crippen LogP contribution in [0.4, 0.5) is 0 Å². The molecule has 2 fully saturated rings. The van der Waals surface area contributed by atoms with E-state index in [1.54, 1.807) is 12.4 Å². The molecule has 7 nitrogen and oxygen atoms in total. The van der Waals surface area contributed by atoms with Gasteiger partial charge in [-0.15, -0.1) is 0 Å². The molecule has 0 aliphatic carbocycles. The molecular formula is C25H28N4O3. The van der Waals surface area contributed by atoms with E-state index in [2.05, 4.69) is 15.1 Å². The van der Waals surface area contributed by atoms with Crippen molar-refractivity contribution in [1.29, 1.82) is 0 Å². The number of likely N-dealkylation sites (tertiary alicyclic amines) is 1. The van der Waals surface area contributed by atoms with Crippen LogP contribution in [-0.4, -0.2) is 51.2 Å². The Hall–Kier alpha value is -3.06. The van der Waals surface area contributed by atoms with Crippen LogP contribution in [0.5, 0.6) is 0 Å². The number of carbonyl (C=O) groups excluding carboxylic acids is 1. The third kappa shape index (κ3) is 4.43. The van der Waals surface area contributed by atoms with E-state index in [0.717, 1.165) is 68.5 Å². The highest BCUT2D eigenvalue weighted by molar-refractivity contribution is 5.94. The van der Waals surface area contributed by atoms with Crippen LogP contribution >= 0.6 is 0 Å². The Bertz CT molecular complexity index is 1070. The summed E-state index contributed by atoms with van der Waals surface area (Å²) in [5.41, 5.74) is 2.58. The predicted octanol–water partition coefficient (Wildman–Crippen LogP) is 4.08. The molecule has 0 saturated carbocycles. The van der Waals surface area contributed by atoms with Crippen LogP contribution in [0, 0.1) is 12.8 Å². The average molecular weight is 433 g/mol. The number of carbonyl (C=O) groups is 1. The first-order valence-electron chi connectivity index (χ1n) is 11.3. The van der Waals surface area contributed by atoms with Crippen molar-refractivity contribution in [2.75, 3.05) is 19.7 Å². The Morgan fingerprint density at radius 1 is 1.22 bits per heavy atom. The SMILES string of the molecule is Cc1cccc(C(=O)N2CCC3(CC2)CC(Cc2nc(-c4cccnc4)no2)CCO3)c1. The zero-order valence-electron chi connectivity index (χ0n) is 18.4. The second-order valence-electron chi connectivity index (χ2n) is 9.01. The second-order valence-corrected chi connectivity index (χ2v) is 9.01. The average Bonchev–Trinajstić information content (AvgIpc) is 3.28. The summed E-state index contributed by atoms with van der Waals surface area (Å²) >= 11 is 0. The summed E-state index contributed by atoms with van der Waals surface area (Å²) in [7, 11) is 0. The quantitative estimate of drug-likeness (QED) is 0.618. The molecular weight excluding hydrogens is 404 g/mol. The highest BCUT2D eigenvalue weighted by atomic mass is 16.5. The minimum atomic E-state index is -0.154. The van der Waals surface area contributed by atoms with Gasteiger partial charge in [-0.3, -0.25) is 9.78 Å². The van der Waals surface area contributed by atoms with Crippen LogP contribution in [-0.2, 0) is 11.2 Å². The Labute approximate surface area is 187 Å². The van der Waals surface area contributed by atoms with Crippen LogP contribution in [0.3, 0.4) is 0 Å². The molecule has 0 radical (unpaired) electrons. The lowest BCUT2D eigenvalue weighted by Gasteiger charge is -2.46. The number of amides is 1. The summed E-state index contributed by atoms with van der Waals surface area (Å²) in [6.07, 6.45) is 7.90. The van der Waals surface area contributed by atoms with Gasteiger partial charge in [-0.25, -0.2) is 0 Å². The summed E-state index contributed by atoms with van der Waals surface area (Å²) in [4.78, 5) is 23.6. The Morgan fingerprint density at radius 3 is 2.88 bits per heavy atom. The van der Waals surface area contributed by atoms with Gasteiger partial charge in [0, 0.05) is 49.6 Å². The van der Waals surface area contributed by atoms with Crippen molar-refractivity contribution in [3.63, 3.8) is 0 Å². The monoisotopic (exact) mass is 432 g/mol. The highest BCUT2D eigenvalue weighted by Gasteiger charge is 2.41. The van der Waals surface area contributed by atoms with E-state index in [4.69, 9.17) is 9.26 Å². The van der Waals surface area contributed by atoms with Gasteiger partial charge in [-0.05, 0) is 62.8 Å². The number of hydrogen-bond acceptors (Lipinski definition) is 6. The van der Waals surface area contributed by atoms with E-state index in [0.29, 0.717) is 17.6 Å². The zero-order chi connectivity index (χ0) is 22.0. The zero-order valence-corrected chi connectivity index (χ0v) is 18.4. The maximum absolute atomic E-state index is 12.9. The number of pyridine rings is 1. The first-order chi connectivity index (χ1) is 15.6. The number of ether oxygens (including phenoxy) is 1. The van der Waals surface area contributed by atoms with Gasteiger partial charge in [0.2, 0.25) is 11.7 Å². The summed E-state index contributed by atoms with van der Waals surface area (Å²) in [6.45, 7) is 4.21. The van der Waals surface area contributed by atoms with Crippen LogP contribution in [0.25, 0.3) is 11.4 Å². The van der Waals surface area contributed by atoms with E-state index in [9.17, 15) is 4.79 Å². The Kier molecular flexibility index (Phi) is 5.74. The third-order valence-corrected chi connectivity index (χ3v) is 6.67. The van der Waals surface area contributed by atoms with Gasteiger partial charge in [0.15, 0.2) is 0 Å². The smallest absolute Gasteiger partial charge is 0.253 e. The van der Waals surface area contributed by atoms with E-state index >= 15 is 0 Å². The molecule has 1 amide bonds. The van der Waals surface area contributed by atoms with Crippen molar-refractivity contribution in [3.05, 3.63) is 65.8 Å². The highest BCUT2D eigenvalue weighted by Crippen LogP contribution is 2.39. The lowest BCUT2D eigenvalue weighted by Crippen LogP contribution is -2.51. The summed E-state index contributed by atoms with van der Waals surface area (Å²) in [5.74, 6) is 1.80. The van der Waals surface area contributed by atoms with Gasteiger partial charge in [0.25, 0.3) is 5.91 Å². The van der Waals surface area contributed by atoms with Crippen LogP contribution in [0.15, 0.2) is 53.3 Å². The third-order valence-electron chi connectivity index (χ3n) is 6.67. The fraction of sp³-hybridized carbons (Fsp3) is 0.440. The second kappa shape index (κ2) is 8.82. The van der Waals surface area contributed by atoms with Crippen molar-refractivity contribution < 1.29 is 14.1 Å². The molecule has 2 saturated heterocycles. The van der Waals surface area contributed by atoms with Gasteiger partial charge in [-0.1, -0.05) is 22.9 Å². The fourth-order valence-electron chi connectivity index (χ4n) is 4.93. The topological polar surface area (TPSA) is 81.4 Å². The number of benzene rings is 1. The fourth-order valence-corrected chi connectivity index (χ4v) is 4.93. The number of aryl methyl sites for hydroxylation is 1. The van der Waals surface area contributed by atoms with Crippen LogP contribution < -0.4 is 0 Å². The van der Waals surface area contributed by atoms with Gasteiger partial charge in [0.05, 0.1) is 5.60 Å². The molecule has 2 aliphatic heterocycles. The van der Waals surface area contributed by atoms with Crippen molar-refractivity contribution in [1.82, 2.24) is 20.0 Å². The predicted molar refractivity (Wildman–Crippen MR) is 119 cm³/mol. The minimum absolute atomic E-state index is 0.115. The van der Waals surface area contributed by atoms with E-state index in [1.807, 2.05) is 48.2 Å². The van der Waals surface area contributed by atoms with E-state index in [1.165, 1.54) is 0 Å². The molecule has 2 aliphatic rings. The molecule has 166 valence electrons. The molecule has 0 bridgehead atoms. The molecule has 1 aromatic carbocycles. The number of aromatic nitrogens is 3. The molecule has 0 N–H and O–H groups in total. The first kappa shape index (κ1) is 20.8. The standard InChI is InChI=1S/C25H28N4O3/c1-18-4-2-5-20(14-18)24(30)29-11-8-25(9-12-29)16-19(7-13-31-25)15-22-27-23(28-32-22)21-6-3-10-26-17-21/h2-6,10,14,17,19H,7-9,11-13,15-16H2,1H3. The molecule has 32 heavy (non-hydrogen) atoms. The number of nitrogens with zero attached hydrogens (tertiary/aromatic N) is 4. The van der Waals surface area contributed by atoms with E-state index in [-0.39, 0.29) is 11.5 Å². The number of piperidine rings is 1. The molecule has 7 heteroatoms. The number of hydrogen-bond donors (Lipinski definition) is 0. The maximum Gasteiger partial charge on any atom is 0.253 e. The number of rotatable bonds is 4. The molecule has 2 aromatic heterocycles. The summed E-state index contributed by atoms with van der Waals surface area (Å²) in [6, 6.07) is 11.6. The molecule has 5 rings (SSSR count). The van der Waals surface area contributed by atoms with Gasteiger partial charge >= 0.3 is 0 Å². The van der Waals surface area contributed by atoms with Crippen molar-refractivity contribution in [2.45, 2.75) is 44.6 Å². The minimum Gasteiger partial charge on any atom is -0.375 e. The summed E-state index contributed by atoms with van der Waals surface area (Å²) in [5, 5.41) is 4.12. The van der Waals surface area contributed by atoms with Gasteiger partial charge in [-0.2, -0.15) is 4.98 Å². The van der Waals surface area contributed by atoms with Crippen LogP contribution in [0.2, 0.25) is 0 Å². The lowest BCUT2D eigenvalue weighted by atomic mass is 9.78. The van der Waals surface area contributed by atoms with Gasteiger partial charge in [0.1, 0.15) is 0 Å². The van der Waals surface area contributed by atoms with Crippen molar-refractivity contribution in [3.8, 4) is 11.4 Å². The normalized spacial score (nSPS) is 20.4. The summed E-state index contributed by atoms with van der Waals surface area (Å²) < 4.78 is 11.8. The van der Waals surface area contributed by atoms with E-state index < -0.39 is 0 Å². The van der Waals surface area contributed by atoms with Crippen LogP contribution in [0.1, 0.15) is 47.5 Å². The molecule has 4 heterocycles. The molecule has 1 unspecified atom stereocenters. The Balaban J connectivity index is 1.19. The van der Waals surface area contributed by atoms with Crippen molar-refractivity contribution >= 4 is 5.91 Å². The Morgan fingerprint density at radius 2 is 2.09 bits per heavy atom. The van der Waals surface area contributed by atoms with Crippen molar-refractivity contribution in [2.24, 2.45) is 5.92 Å². The first-order valence-corrected chi connectivity index (χ1v) is 11.3. The maximum atomic E-state index is 12.9. The lowest BCUT2D eigenvalue weighted by molar-refractivity contribution is -0.124. The molecule has 1 spiro atoms. The largest absolute Gasteiger partial charge is 0.375 e.